The van der Waals surface area contributed by atoms with Gasteiger partial charge in [-0.25, -0.2) is 0 Å². The van der Waals surface area contributed by atoms with E-state index in [0.29, 0.717) is 19.0 Å². The molecule has 1 aliphatic rings. The number of morpholine rings is 1. The molecule has 1 fully saturated rings. The number of ether oxygens (including phenoxy) is 2. The lowest BCUT2D eigenvalue weighted by Crippen LogP contribution is -2.40. The minimum atomic E-state index is -0.242. The largest absolute Gasteiger partial charge is 0.497 e. The third-order valence-electron chi connectivity index (χ3n) is 5.50. The lowest BCUT2D eigenvalue weighted by molar-refractivity contribution is 0.0240. The molecule has 30 heavy (non-hydrogen) atoms. The number of furan rings is 1. The van der Waals surface area contributed by atoms with E-state index in [-0.39, 0.29) is 11.9 Å². The van der Waals surface area contributed by atoms with Crippen molar-refractivity contribution in [3.8, 4) is 5.75 Å². The normalized spacial score (nSPS) is 15.7. The lowest BCUT2D eigenvalue weighted by atomic mass is 9.94. The van der Waals surface area contributed by atoms with E-state index in [1.165, 1.54) is 16.7 Å². The summed E-state index contributed by atoms with van der Waals surface area (Å²) in [6.45, 7) is 7.24. The zero-order valence-electron chi connectivity index (χ0n) is 17.4. The number of hydrogen-bond acceptors (Lipinski definition) is 6. The molecule has 1 aliphatic heterocycles. The van der Waals surface area contributed by atoms with Gasteiger partial charge >= 0.3 is 0 Å². The topological polar surface area (TPSA) is 63.9 Å². The van der Waals surface area contributed by atoms with Crippen LogP contribution in [0.25, 0.3) is 0 Å². The van der Waals surface area contributed by atoms with E-state index < -0.39 is 0 Å². The highest BCUT2D eigenvalue weighted by atomic mass is 32.1. The number of carbonyl (C=O) groups excluding carboxylic acids is 1. The van der Waals surface area contributed by atoms with Crippen LogP contribution in [0.5, 0.6) is 5.75 Å². The number of aryl methyl sites for hydroxylation is 1. The molecule has 1 saturated heterocycles. The first-order valence-electron chi connectivity index (χ1n) is 9.99. The first-order valence-corrected chi connectivity index (χ1v) is 10.8. The molecule has 0 bridgehead atoms. The average molecular weight is 427 g/mol. The van der Waals surface area contributed by atoms with Crippen LogP contribution in [-0.2, 0) is 4.74 Å². The fourth-order valence-electron chi connectivity index (χ4n) is 3.85. The van der Waals surface area contributed by atoms with E-state index in [2.05, 4.69) is 36.2 Å². The van der Waals surface area contributed by atoms with E-state index in [1.54, 1.807) is 30.6 Å². The van der Waals surface area contributed by atoms with E-state index in [4.69, 9.17) is 13.9 Å². The van der Waals surface area contributed by atoms with Crippen molar-refractivity contribution in [1.29, 1.82) is 0 Å². The molecule has 1 N–H and O–H groups in total. The molecule has 0 radical (unpaired) electrons. The Kier molecular flexibility index (Phi) is 6.22. The molecule has 0 saturated carbocycles. The van der Waals surface area contributed by atoms with Crippen LogP contribution < -0.4 is 10.1 Å². The number of nitrogens with one attached hydrogen (secondary N) is 1. The Hall–Kier alpha value is -2.61. The molecule has 1 amide bonds. The van der Waals surface area contributed by atoms with Crippen LogP contribution in [0.15, 0.2) is 47.1 Å². The van der Waals surface area contributed by atoms with Crippen LogP contribution >= 0.6 is 11.3 Å². The number of carbonyl (C=O) groups is 1. The van der Waals surface area contributed by atoms with Gasteiger partial charge in [-0.3, -0.25) is 9.69 Å². The number of amides is 1. The quantitative estimate of drug-likeness (QED) is 0.622. The second-order valence-electron chi connectivity index (χ2n) is 7.28. The zero-order valence-corrected chi connectivity index (χ0v) is 18.3. The van der Waals surface area contributed by atoms with Crippen LogP contribution in [0.1, 0.15) is 38.2 Å². The molecule has 0 aliphatic carbocycles. The van der Waals surface area contributed by atoms with Gasteiger partial charge in [-0.15, -0.1) is 11.3 Å². The molecule has 1 atom stereocenters. The van der Waals surface area contributed by atoms with Gasteiger partial charge in [0.15, 0.2) is 5.76 Å². The van der Waals surface area contributed by atoms with Crippen molar-refractivity contribution < 1.29 is 18.7 Å². The van der Waals surface area contributed by atoms with Crippen LogP contribution in [0.3, 0.4) is 0 Å². The molecule has 2 aromatic heterocycles. The van der Waals surface area contributed by atoms with E-state index >= 15 is 0 Å². The van der Waals surface area contributed by atoms with Crippen molar-refractivity contribution in [2.24, 2.45) is 0 Å². The number of thiophene rings is 1. The summed E-state index contributed by atoms with van der Waals surface area (Å²) in [5.41, 5.74) is 3.44. The molecule has 7 heteroatoms. The Morgan fingerprint density at radius 3 is 2.70 bits per heavy atom. The fraction of sp³-hybridized carbons (Fsp3) is 0.348. The third-order valence-corrected chi connectivity index (χ3v) is 6.64. The summed E-state index contributed by atoms with van der Waals surface area (Å²) in [5, 5.41) is 3.94. The number of benzene rings is 1. The van der Waals surface area contributed by atoms with Gasteiger partial charge in [-0.05, 0) is 49.2 Å². The summed E-state index contributed by atoms with van der Waals surface area (Å²) in [4.78, 5) is 16.3. The fourth-order valence-corrected chi connectivity index (χ4v) is 4.93. The lowest BCUT2D eigenvalue weighted by Gasteiger charge is -2.35. The molecule has 0 spiro atoms. The summed E-state index contributed by atoms with van der Waals surface area (Å²) >= 11 is 1.60. The standard InChI is InChI=1S/C23H26N2O4S/c1-15-16(2)30-23(24-22(26)19-8-5-11-29-19)20(15)21(25-9-12-28-13-10-25)17-6-4-7-18(14-17)27-3/h4-8,11,14,21H,9-10,12-13H2,1-3H3,(H,24,26)/t21-/m1/s1. The van der Waals surface area contributed by atoms with Crippen LogP contribution in [0.2, 0.25) is 0 Å². The van der Waals surface area contributed by atoms with Gasteiger partial charge in [0.1, 0.15) is 10.8 Å². The Labute approximate surface area is 180 Å². The van der Waals surface area contributed by atoms with Gasteiger partial charge in [0.25, 0.3) is 5.91 Å². The van der Waals surface area contributed by atoms with Crippen molar-refractivity contribution in [2.75, 3.05) is 38.7 Å². The maximum Gasteiger partial charge on any atom is 0.291 e. The number of hydrogen-bond donors (Lipinski definition) is 1. The molecule has 4 rings (SSSR count). The van der Waals surface area contributed by atoms with Crippen molar-refractivity contribution in [2.45, 2.75) is 19.9 Å². The minimum Gasteiger partial charge on any atom is -0.497 e. The molecular formula is C23H26N2O4S. The van der Waals surface area contributed by atoms with Crippen LogP contribution in [0.4, 0.5) is 5.00 Å². The molecule has 158 valence electrons. The van der Waals surface area contributed by atoms with Gasteiger partial charge in [-0.2, -0.15) is 0 Å². The molecule has 1 aromatic carbocycles. The van der Waals surface area contributed by atoms with Crippen LogP contribution in [-0.4, -0.2) is 44.2 Å². The Morgan fingerprint density at radius 2 is 2.00 bits per heavy atom. The Bertz CT molecular complexity index is 1010. The van der Waals surface area contributed by atoms with E-state index in [9.17, 15) is 4.79 Å². The number of nitrogens with zero attached hydrogens (tertiary/aromatic N) is 1. The van der Waals surface area contributed by atoms with Gasteiger partial charge in [0.05, 0.1) is 32.6 Å². The molecular weight excluding hydrogens is 400 g/mol. The smallest absolute Gasteiger partial charge is 0.291 e. The van der Waals surface area contributed by atoms with Gasteiger partial charge in [0, 0.05) is 23.5 Å². The highest BCUT2D eigenvalue weighted by Gasteiger charge is 2.31. The highest BCUT2D eigenvalue weighted by molar-refractivity contribution is 7.16. The molecule has 0 unspecified atom stereocenters. The second kappa shape index (κ2) is 9.04. The number of methoxy groups -OCH3 is 1. The maximum atomic E-state index is 12.7. The SMILES string of the molecule is COc1cccc([C@H](c2c(NC(=O)c3ccco3)sc(C)c2C)N2CCOCC2)c1. The Balaban J connectivity index is 1.78. The van der Waals surface area contributed by atoms with Crippen molar-refractivity contribution in [1.82, 2.24) is 4.90 Å². The van der Waals surface area contributed by atoms with E-state index in [0.717, 1.165) is 35.0 Å². The van der Waals surface area contributed by atoms with Crippen molar-refractivity contribution >= 4 is 22.2 Å². The van der Waals surface area contributed by atoms with Gasteiger partial charge in [0.2, 0.25) is 0 Å². The van der Waals surface area contributed by atoms with E-state index in [1.807, 2.05) is 12.1 Å². The predicted octanol–water partition coefficient (Wildman–Crippen LogP) is 4.64. The number of anilines is 1. The third kappa shape index (κ3) is 4.14. The zero-order chi connectivity index (χ0) is 21.1. The monoisotopic (exact) mass is 426 g/mol. The summed E-state index contributed by atoms with van der Waals surface area (Å²) in [6.07, 6.45) is 1.51. The van der Waals surface area contributed by atoms with Crippen molar-refractivity contribution in [3.63, 3.8) is 0 Å². The molecule has 3 aromatic rings. The van der Waals surface area contributed by atoms with Crippen molar-refractivity contribution in [3.05, 3.63) is 70.0 Å². The van der Waals surface area contributed by atoms with Gasteiger partial charge < -0.3 is 19.2 Å². The molecule has 3 heterocycles. The highest BCUT2D eigenvalue weighted by Crippen LogP contribution is 2.43. The van der Waals surface area contributed by atoms with Crippen LogP contribution in [0, 0.1) is 13.8 Å². The first kappa shape index (κ1) is 20.7. The minimum absolute atomic E-state index is 0.0131. The van der Waals surface area contributed by atoms with Gasteiger partial charge in [-0.1, -0.05) is 12.1 Å². The summed E-state index contributed by atoms with van der Waals surface area (Å²) in [7, 11) is 1.68. The maximum absolute atomic E-state index is 12.7. The summed E-state index contributed by atoms with van der Waals surface area (Å²) in [6, 6.07) is 11.5. The Morgan fingerprint density at radius 1 is 1.20 bits per heavy atom. The molecule has 6 nitrogen and oxygen atoms in total. The first-order chi connectivity index (χ1) is 14.6. The number of rotatable bonds is 6. The summed E-state index contributed by atoms with van der Waals surface area (Å²) in [5.74, 6) is 0.874. The predicted molar refractivity (Wildman–Crippen MR) is 118 cm³/mol. The second-order valence-corrected chi connectivity index (χ2v) is 8.51. The summed E-state index contributed by atoms with van der Waals surface area (Å²) < 4.78 is 16.4. The average Bonchev–Trinajstić information content (AvgIpc) is 3.40.